The fraction of sp³-hybridized carbons (Fsp3) is 0.600. The highest BCUT2D eigenvalue weighted by Crippen LogP contribution is 2.29. The SMILES string of the molecule is CCC(CC)(CNCc1ccc(OC)cc1)SC. The van der Waals surface area contributed by atoms with Crippen molar-refractivity contribution in [3.8, 4) is 5.75 Å². The van der Waals surface area contributed by atoms with Gasteiger partial charge in [-0.15, -0.1) is 0 Å². The van der Waals surface area contributed by atoms with E-state index in [1.807, 2.05) is 23.9 Å². The van der Waals surface area contributed by atoms with E-state index in [2.05, 4.69) is 37.6 Å². The topological polar surface area (TPSA) is 21.3 Å². The summed E-state index contributed by atoms with van der Waals surface area (Å²) in [5.74, 6) is 0.916. The molecule has 3 heteroatoms. The van der Waals surface area contributed by atoms with Crippen molar-refractivity contribution in [2.45, 2.75) is 38.0 Å². The molecular weight excluding hydrogens is 242 g/mol. The first kappa shape index (κ1) is 15.4. The average Bonchev–Trinajstić information content (AvgIpc) is 2.45. The number of benzene rings is 1. The summed E-state index contributed by atoms with van der Waals surface area (Å²) in [4.78, 5) is 0. The Labute approximate surface area is 116 Å². The Morgan fingerprint density at radius 1 is 1.17 bits per heavy atom. The Kier molecular flexibility index (Phi) is 6.58. The number of methoxy groups -OCH3 is 1. The molecule has 0 aliphatic carbocycles. The Hall–Kier alpha value is -0.670. The van der Waals surface area contributed by atoms with E-state index >= 15 is 0 Å². The van der Waals surface area contributed by atoms with Crippen LogP contribution in [-0.2, 0) is 6.54 Å². The maximum atomic E-state index is 5.16. The van der Waals surface area contributed by atoms with Crippen molar-refractivity contribution in [3.05, 3.63) is 29.8 Å². The molecule has 0 amide bonds. The Bertz CT molecular complexity index is 325. The maximum absolute atomic E-state index is 5.16. The first-order chi connectivity index (χ1) is 8.69. The van der Waals surface area contributed by atoms with Crippen LogP contribution in [0.3, 0.4) is 0 Å². The van der Waals surface area contributed by atoms with E-state index in [4.69, 9.17) is 4.74 Å². The van der Waals surface area contributed by atoms with Gasteiger partial charge in [0.25, 0.3) is 0 Å². The summed E-state index contributed by atoms with van der Waals surface area (Å²) in [5, 5.41) is 3.57. The molecule has 0 spiro atoms. The molecule has 0 aliphatic rings. The van der Waals surface area contributed by atoms with Gasteiger partial charge in [0, 0.05) is 17.8 Å². The van der Waals surface area contributed by atoms with Crippen LogP contribution in [0.2, 0.25) is 0 Å². The van der Waals surface area contributed by atoms with Gasteiger partial charge in [-0.25, -0.2) is 0 Å². The molecule has 1 aromatic carbocycles. The summed E-state index contributed by atoms with van der Waals surface area (Å²) in [6.45, 7) is 6.53. The fourth-order valence-electron chi connectivity index (χ4n) is 2.04. The van der Waals surface area contributed by atoms with Crippen molar-refractivity contribution in [1.82, 2.24) is 5.32 Å². The quantitative estimate of drug-likeness (QED) is 0.776. The molecule has 1 N–H and O–H groups in total. The van der Waals surface area contributed by atoms with Gasteiger partial charge in [-0.05, 0) is 36.8 Å². The zero-order valence-corrected chi connectivity index (χ0v) is 12.8. The van der Waals surface area contributed by atoms with Gasteiger partial charge < -0.3 is 10.1 Å². The molecule has 102 valence electrons. The van der Waals surface area contributed by atoms with Crippen molar-refractivity contribution in [2.75, 3.05) is 19.9 Å². The van der Waals surface area contributed by atoms with E-state index in [1.165, 1.54) is 18.4 Å². The number of nitrogens with one attached hydrogen (secondary N) is 1. The standard InChI is InChI=1S/C15H25NOS/c1-5-15(6-2,18-4)12-16-11-13-7-9-14(17-3)10-8-13/h7-10,16H,5-6,11-12H2,1-4H3. The average molecular weight is 267 g/mol. The number of thioether (sulfide) groups is 1. The molecule has 0 aromatic heterocycles. The molecule has 0 heterocycles. The van der Waals surface area contributed by atoms with Crippen molar-refractivity contribution in [2.24, 2.45) is 0 Å². The van der Waals surface area contributed by atoms with Crippen molar-refractivity contribution < 1.29 is 4.74 Å². The Morgan fingerprint density at radius 3 is 2.22 bits per heavy atom. The molecule has 2 nitrogen and oxygen atoms in total. The molecule has 18 heavy (non-hydrogen) atoms. The van der Waals surface area contributed by atoms with Crippen LogP contribution in [0.4, 0.5) is 0 Å². The summed E-state index contributed by atoms with van der Waals surface area (Å²) >= 11 is 1.98. The second-order valence-corrected chi connectivity index (χ2v) is 5.82. The highest BCUT2D eigenvalue weighted by atomic mass is 32.2. The molecule has 1 rings (SSSR count). The first-order valence-corrected chi connectivity index (χ1v) is 7.81. The molecule has 0 bridgehead atoms. The third kappa shape index (κ3) is 4.21. The van der Waals surface area contributed by atoms with Crippen LogP contribution in [0.25, 0.3) is 0 Å². The minimum absolute atomic E-state index is 0.381. The summed E-state index contributed by atoms with van der Waals surface area (Å²) in [6.07, 6.45) is 4.63. The number of ether oxygens (including phenoxy) is 1. The van der Waals surface area contributed by atoms with Crippen LogP contribution in [0, 0.1) is 0 Å². The van der Waals surface area contributed by atoms with E-state index in [0.29, 0.717) is 4.75 Å². The van der Waals surface area contributed by atoms with E-state index < -0.39 is 0 Å². The first-order valence-electron chi connectivity index (χ1n) is 6.58. The molecule has 0 atom stereocenters. The third-order valence-electron chi connectivity index (χ3n) is 3.66. The second-order valence-electron chi connectivity index (χ2n) is 4.55. The van der Waals surface area contributed by atoms with Crippen LogP contribution < -0.4 is 10.1 Å². The summed E-state index contributed by atoms with van der Waals surface area (Å²) in [7, 11) is 1.70. The van der Waals surface area contributed by atoms with E-state index in [9.17, 15) is 0 Å². The van der Waals surface area contributed by atoms with Gasteiger partial charge in [0.2, 0.25) is 0 Å². The Morgan fingerprint density at radius 2 is 1.78 bits per heavy atom. The van der Waals surface area contributed by atoms with Crippen LogP contribution >= 0.6 is 11.8 Å². The van der Waals surface area contributed by atoms with Gasteiger partial charge >= 0.3 is 0 Å². The lowest BCUT2D eigenvalue weighted by Gasteiger charge is -2.30. The monoisotopic (exact) mass is 267 g/mol. The minimum atomic E-state index is 0.381. The maximum Gasteiger partial charge on any atom is 0.118 e. The highest BCUT2D eigenvalue weighted by Gasteiger charge is 2.23. The van der Waals surface area contributed by atoms with E-state index in [1.54, 1.807) is 7.11 Å². The summed E-state index contributed by atoms with van der Waals surface area (Å²) < 4.78 is 5.54. The Balaban J connectivity index is 2.44. The fourth-order valence-corrected chi connectivity index (χ4v) is 2.86. The highest BCUT2D eigenvalue weighted by molar-refractivity contribution is 8.00. The van der Waals surface area contributed by atoms with Gasteiger partial charge in [0.1, 0.15) is 5.75 Å². The molecule has 0 saturated carbocycles. The van der Waals surface area contributed by atoms with Crippen molar-refractivity contribution in [3.63, 3.8) is 0 Å². The van der Waals surface area contributed by atoms with Crippen molar-refractivity contribution in [1.29, 1.82) is 0 Å². The molecular formula is C15H25NOS. The van der Waals surface area contributed by atoms with Crippen LogP contribution in [0.1, 0.15) is 32.3 Å². The lowest BCUT2D eigenvalue weighted by molar-refractivity contribution is 0.414. The van der Waals surface area contributed by atoms with Crippen molar-refractivity contribution >= 4 is 11.8 Å². The lowest BCUT2D eigenvalue weighted by Crippen LogP contribution is -2.36. The molecule has 1 aromatic rings. The minimum Gasteiger partial charge on any atom is -0.497 e. The normalized spacial score (nSPS) is 11.6. The number of hydrogen-bond donors (Lipinski definition) is 1. The molecule has 0 radical (unpaired) electrons. The molecule has 0 aliphatic heterocycles. The zero-order chi connectivity index (χ0) is 13.4. The number of hydrogen-bond acceptors (Lipinski definition) is 3. The lowest BCUT2D eigenvalue weighted by atomic mass is 10.0. The van der Waals surface area contributed by atoms with Gasteiger partial charge in [0.05, 0.1) is 7.11 Å². The van der Waals surface area contributed by atoms with Gasteiger partial charge in [-0.3, -0.25) is 0 Å². The largest absolute Gasteiger partial charge is 0.497 e. The van der Waals surface area contributed by atoms with Gasteiger partial charge in [0.15, 0.2) is 0 Å². The predicted molar refractivity (Wildman–Crippen MR) is 81.5 cm³/mol. The molecule has 0 unspecified atom stereocenters. The summed E-state index contributed by atoms with van der Waals surface area (Å²) in [6, 6.07) is 8.26. The zero-order valence-electron chi connectivity index (χ0n) is 12.0. The summed E-state index contributed by atoms with van der Waals surface area (Å²) in [5.41, 5.74) is 1.30. The van der Waals surface area contributed by atoms with E-state index in [-0.39, 0.29) is 0 Å². The second kappa shape index (κ2) is 7.70. The predicted octanol–water partition coefficient (Wildman–Crippen LogP) is 3.71. The third-order valence-corrected chi connectivity index (χ3v) is 5.24. The van der Waals surface area contributed by atoms with Gasteiger partial charge in [-0.1, -0.05) is 26.0 Å². The smallest absolute Gasteiger partial charge is 0.118 e. The van der Waals surface area contributed by atoms with Gasteiger partial charge in [-0.2, -0.15) is 11.8 Å². The van der Waals surface area contributed by atoms with E-state index in [0.717, 1.165) is 18.8 Å². The molecule has 0 fully saturated rings. The van der Waals surface area contributed by atoms with Crippen LogP contribution in [-0.4, -0.2) is 24.7 Å². The number of rotatable bonds is 8. The van der Waals surface area contributed by atoms with Crippen LogP contribution in [0.5, 0.6) is 5.75 Å². The molecule has 0 saturated heterocycles. The van der Waals surface area contributed by atoms with Crippen LogP contribution in [0.15, 0.2) is 24.3 Å².